The minimum Gasteiger partial charge on any atom is -0.494 e. The van der Waals surface area contributed by atoms with E-state index in [1.165, 1.54) is 0 Å². The Balaban J connectivity index is 1.79. The van der Waals surface area contributed by atoms with Gasteiger partial charge in [-0.05, 0) is 43.5 Å². The van der Waals surface area contributed by atoms with Crippen LogP contribution in [0.5, 0.6) is 5.75 Å². The van der Waals surface area contributed by atoms with Crippen molar-refractivity contribution in [2.45, 2.75) is 26.2 Å². The Hall–Kier alpha value is -2.88. The Morgan fingerprint density at radius 1 is 1.07 bits per heavy atom. The predicted octanol–water partition coefficient (Wildman–Crippen LogP) is 4.93. The monoisotopic (exact) mass is 360 g/mol. The van der Waals surface area contributed by atoms with Gasteiger partial charge in [-0.3, -0.25) is 4.79 Å². The third-order valence-electron chi connectivity index (χ3n) is 4.94. The van der Waals surface area contributed by atoms with E-state index in [1.807, 2.05) is 59.5 Å². The first-order chi connectivity index (χ1) is 13.3. The van der Waals surface area contributed by atoms with Crippen molar-refractivity contribution in [1.29, 1.82) is 0 Å². The number of benzene rings is 2. The molecule has 4 nitrogen and oxygen atoms in total. The largest absolute Gasteiger partial charge is 0.494 e. The molecule has 1 saturated heterocycles. The maximum atomic E-state index is 13.1. The number of pyridine rings is 1. The fourth-order valence-electron chi connectivity index (χ4n) is 3.56. The molecule has 1 aliphatic rings. The van der Waals surface area contributed by atoms with Crippen molar-refractivity contribution in [3.8, 4) is 17.0 Å². The van der Waals surface area contributed by atoms with Crippen molar-refractivity contribution >= 4 is 16.8 Å². The molecule has 0 atom stereocenters. The van der Waals surface area contributed by atoms with Crippen LogP contribution in [0.15, 0.2) is 54.6 Å². The second kappa shape index (κ2) is 7.78. The molecule has 2 heterocycles. The third-order valence-corrected chi connectivity index (χ3v) is 4.94. The summed E-state index contributed by atoms with van der Waals surface area (Å²) >= 11 is 0. The van der Waals surface area contributed by atoms with Gasteiger partial charge in [0.05, 0.1) is 23.4 Å². The maximum absolute atomic E-state index is 13.1. The molecule has 3 aromatic rings. The fraction of sp³-hybridized carbons (Fsp3) is 0.304. The molecule has 0 bridgehead atoms. The van der Waals surface area contributed by atoms with Crippen LogP contribution in [-0.2, 0) is 0 Å². The van der Waals surface area contributed by atoms with Gasteiger partial charge in [0, 0.05) is 24.0 Å². The van der Waals surface area contributed by atoms with E-state index in [4.69, 9.17) is 9.72 Å². The van der Waals surface area contributed by atoms with Crippen molar-refractivity contribution in [3.63, 3.8) is 0 Å². The number of hydrogen-bond donors (Lipinski definition) is 0. The summed E-state index contributed by atoms with van der Waals surface area (Å²) in [5.41, 5.74) is 3.35. The molecule has 1 aromatic heterocycles. The summed E-state index contributed by atoms with van der Waals surface area (Å²) in [5, 5.41) is 0.913. The molecule has 1 aliphatic heterocycles. The molecule has 0 saturated carbocycles. The van der Waals surface area contributed by atoms with E-state index >= 15 is 0 Å². The number of hydrogen-bond acceptors (Lipinski definition) is 3. The number of fused-ring (bicyclic) bond motifs is 1. The third kappa shape index (κ3) is 3.65. The Morgan fingerprint density at radius 3 is 2.70 bits per heavy atom. The first-order valence-corrected chi connectivity index (χ1v) is 9.68. The molecule has 27 heavy (non-hydrogen) atoms. The molecule has 4 heteroatoms. The lowest BCUT2D eigenvalue weighted by Gasteiger charge is -2.17. The first-order valence-electron chi connectivity index (χ1n) is 9.68. The first kappa shape index (κ1) is 17.5. The lowest BCUT2D eigenvalue weighted by atomic mass is 10.0. The highest BCUT2D eigenvalue weighted by molar-refractivity contribution is 6.07. The van der Waals surface area contributed by atoms with Crippen LogP contribution < -0.4 is 4.74 Å². The molecule has 0 N–H and O–H groups in total. The van der Waals surface area contributed by atoms with Gasteiger partial charge in [0.15, 0.2) is 0 Å². The zero-order valence-electron chi connectivity index (χ0n) is 15.6. The van der Waals surface area contributed by atoms with Gasteiger partial charge in [0.1, 0.15) is 5.75 Å². The smallest absolute Gasteiger partial charge is 0.254 e. The molecule has 0 aliphatic carbocycles. The highest BCUT2D eigenvalue weighted by Gasteiger charge is 2.22. The summed E-state index contributed by atoms with van der Waals surface area (Å²) in [5.74, 6) is 0.933. The van der Waals surface area contributed by atoms with Crippen molar-refractivity contribution in [1.82, 2.24) is 9.88 Å². The van der Waals surface area contributed by atoms with E-state index in [0.717, 1.165) is 65.8 Å². The SMILES string of the molecule is CCCOc1cccc(-c2cc(C(=O)N3CCCC3)c3ccccc3n2)c1. The average Bonchev–Trinajstić information content (AvgIpc) is 3.26. The summed E-state index contributed by atoms with van der Waals surface area (Å²) in [6, 6.07) is 17.7. The van der Waals surface area contributed by atoms with Crippen LogP contribution in [0, 0.1) is 0 Å². The molecule has 0 unspecified atom stereocenters. The predicted molar refractivity (Wildman–Crippen MR) is 108 cm³/mol. The lowest BCUT2D eigenvalue weighted by molar-refractivity contribution is 0.0794. The van der Waals surface area contributed by atoms with E-state index in [9.17, 15) is 4.79 Å². The van der Waals surface area contributed by atoms with E-state index in [2.05, 4.69) is 6.92 Å². The van der Waals surface area contributed by atoms with Gasteiger partial charge in [-0.25, -0.2) is 4.98 Å². The van der Waals surface area contributed by atoms with Crippen molar-refractivity contribution in [3.05, 3.63) is 60.2 Å². The van der Waals surface area contributed by atoms with Gasteiger partial charge in [-0.1, -0.05) is 37.3 Å². The molecule has 138 valence electrons. The summed E-state index contributed by atoms with van der Waals surface area (Å²) < 4.78 is 5.76. The summed E-state index contributed by atoms with van der Waals surface area (Å²) in [6.45, 7) is 4.45. The number of amides is 1. The van der Waals surface area contributed by atoms with Crippen LogP contribution in [0.1, 0.15) is 36.5 Å². The number of likely N-dealkylation sites (tertiary alicyclic amines) is 1. The number of carbonyl (C=O) groups is 1. The number of nitrogens with zero attached hydrogens (tertiary/aromatic N) is 2. The lowest BCUT2D eigenvalue weighted by Crippen LogP contribution is -2.27. The van der Waals surface area contributed by atoms with Gasteiger partial charge in [0.2, 0.25) is 0 Å². The van der Waals surface area contributed by atoms with Crippen molar-refractivity contribution in [2.75, 3.05) is 19.7 Å². The van der Waals surface area contributed by atoms with E-state index < -0.39 is 0 Å². The van der Waals surface area contributed by atoms with E-state index in [0.29, 0.717) is 6.61 Å². The Labute approximate surface area is 159 Å². The molecular formula is C23H24N2O2. The molecular weight excluding hydrogens is 336 g/mol. The van der Waals surface area contributed by atoms with Crippen LogP contribution >= 0.6 is 0 Å². The number of ether oxygens (including phenoxy) is 1. The second-order valence-electron chi connectivity index (χ2n) is 6.95. The zero-order valence-corrected chi connectivity index (χ0v) is 15.6. The van der Waals surface area contributed by atoms with Gasteiger partial charge in [0.25, 0.3) is 5.91 Å². The Bertz CT molecular complexity index is 962. The highest BCUT2D eigenvalue weighted by Crippen LogP contribution is 2.28. The molecule has 1 amide bonds. The highest BCUT2D eigenvalue weighted by atomic mass is 16.5. The van der Waals surface area contributed by atoms with E-state index in [1.54, 1.807) is 0 Å². The van der Waals surface area contributed by atoms with Gasteiger partial charge in [-0.2, -0.15) is 0 Å². The minimum absolute atomic E-state index is 0.103. The van der Waals surface area contributed by atoms with Crippen molar-refractivity contribution < 1.29 is 9.53 Å². The zero-order chi connectivity index (χ0) is 18.6. The quantitative estimate of drug-likeness (QED) is 0.648. The summed E-state index contributed by atoms with van der Waals surface area (Å²) in [7, 11) is 0. The van der Waals surface area contributed by atoms with Gasteiger partial charge < -0.3 is 9.64 Å². The van der Waals surface area contributed by atoms with Gasteiger partial charge in [-0.15, -0.1) is 0 Å². The molecule has 0 spiro atoms. The molecule has 2 aromatic carbocycles. The second-order valence-corrected chi connectivity index (χ2v) is 6.95. The normalized spacial score (nSPS) is 13.9. The minimum atomic E-state index is 0.103. The van der Waals surface area contributed by atoms with Gasteiger partial charge >= 0.3 is 0 Å². The van der Waals surface area contributed by atoms with Crippen molar-refractivity contribution in [2.24, 2.45) is 0 Å². The Kier molecular flexibility index (Phi) is 5.05. The van der Waals surface area contributed by atoms with Crippen LogP contribution in [-0.4, -0.2) is 35.5 Å². The Morgan fingerprint density at radius 2 is 1.89 bits per heavy atom. The molecule has 0 radical (unpaired) electrons. The summed E-state index contributed by atoms with van der Waals surface area (Å²) in [6.07, 6.45) is 3.13. The van der Waals surface area contributed by atoms with Crippen LogP contribution in [0.4, 0.5) is 0 Å². The summed E-state index contributed by atoms with van der Waals surface area (Å²) in [4.78, 5) is 19.9. The van der Waals surface area contributed by atoms with Crippen LogP contribution in [0.3, 0.4) is 0 Å². The number of aromatic nitrogens is 1. The fourth-order valence-corrected chi connectivity index (χ4v) is 3.56. The maximum Gasteiger partial charge on any atom is 0.254 e. The average molecular weight is 360 g/mol. The molecule has 4 rings (SSSR count). The number of carbonyl (C=O) groups excluding carboxylic acids is 1. The van der Waals surface area contributed by atoms with Crippen LogP contribution in [0.2, 0.25) is 0 Å². The molecule has 1 fully saturated rings. The van der Waals surface area contributed by atoms with Crippen LogP contribution in [0.25, 0.3) is 22.2 Å². The van der Waals surface area contributed by atoms with E-state index in [-0.39, 0.29) is 5.91 Å². The number of para-hydroxylation sites is 1. The topological polar surface area (TPSA) is 42.4 Å². The number of rotatable bonds is 5. The standard InChI is InChI=1S/C23H24N2O2/c1-2-14-27-18-9-7-8-17(15-18)22-16-20(23(26)25-12-5-6-13-25)19-10-3-4-11-21(19)24-22/h3-4,7-11,15-16H,2,5-6,12-14H2,1H3.